The van der Waals surface area contributed by atoms with Crippen LogP contribution in [0, 0.1) is 0 Å². The summed E-state index contributed by atoms with van der Waals surface area (Å²) in [5.41, 5.74) is 2.52. The van der Waals surface area contributed by atoms with Gasteiger partial charge in [-0.25, -0.2) is 4.98 Å². The number of carbonyl (C=O) groups is 1. The minimum absolute atomic E-state index is 0.0154. The van der Waals surface area contributed by atoms with Crippen molar-refractivity contribution in [2.45, 2.75) is 6.54 Å². The van der Waals surface area contributed by atoms with E-state index in [1.165, 1.54) is 22.2 Å². The molecule has 4 aromatic rings. The van der Waals surface area contributed by atoms with Gasteiger partial charge in [-0.1, -0.05) is 23.7 Å². The molecule has 3 heterocycles. The normalized spacial score (nSPS) is 13.9. The molecule has 1 aliphatic rings. The lowest BCUT2D eigenvalue weighted by molar-refractivity contribution is -0.132. The number of amides is 1. The summed E-state index contributed by atoms with van der Waals surface area (Å²) in [6.45, 7) is 2.67. The summed E-state index contributed by atoms with van der Waals surface area (Å²) >= 11 is 7.36. The van der Waals surface area contributed by atoms with Crippen molar-refractivity contribution in [3.8, 4) is 16.2 Å². The number of methoxy groups -OCH3 is 1. The maximum Gasteiger partial charge on any atom is 0.271 e. The Morgan fingerprint density at radius 2 is 1.76 bits per heavy atom. The van der Waals surface area contributed by atoms with Crippen LogP contribution in [-0.4, -0.2) is 53.6 Å². The van der Waals surface area contributed by atoms with Gasteiger partial charge in [0.25, 0.3) is 5.56 Å². The second-order valence-electron chi connectivity index (χ2n) is 8.08. The zero-order valence-electron chi connectivity index (χ0n) is 18.6. The van der Waals surface area contributed by atoms with E-state index in [-0.39, 0.29) is 18.0 Å². The predicted octanol–water partition coefficient (Wildman–Crippen LogP) is 4.14. The molecular formula is C25H23ClN4O3S. The van der Waals surface area contributed by atoms with Gasteiger partial charge in [0.05, 0.1) is 19.0 Å². The minimum Gasteiger partial charge on any atom is -0.497 e. The number of hydrogen-bond acceptors (Lipinski definition) is 6. The largest absolute Gasteiger partial charge is 0.497 e. The van der Waals surface area contributed by atoms with E-state index < -0.39 is 0 Å². The first-order valence-electron chi connectivity index (χ1n) is 10.9. The first-order valence-corrected chi connectivity index (χ1v) is 12.1. The van der Waals surface area contributed by atoms with Gasteiger partial charge in [0.2, 0.25) is 5.91 Å². The number of aromatic nitrogens is 2. The number of benzene rings is 2. The summed E-state index contributed by atoms with van der Waals surface area (Å²) in [6, 6.07) is 17.3. The molecule has 0 aliphatic carbocycles. The highest BCUT2D eigenvalue weighted by Crippen LogP contribution is 2.31. The molecule has 9 heteroatoms. The number of ether oxygens (including phenoxy) is 1. The van der Waals surface area contributed by atoms with Gasteiger partial charge in [0.1, 0.15) is 17.0 Å². The molecule has 2 aromatic heterocycles. The monoisotopic (exact) mass is 494 g/mol. The number of fused-ring (bicyclic) bond motifs is 1. The Morgan fingerprint density at radius 3 is 2.44 bits per heavy atom. The minimum atomic E-state index is -0.194. The lowest BCUT2D eigenvalue weighted by atomic mass is 10.2. The van der Waals surface area contributed by atoms with Crippen molar-refractivity contribution in [2.24, 2.45) is 0 Å². The Bertz CT molecular complexity index is 1370. The maximum atomic E-state index is 13.1. The molecule has 1 aliphatic heterocycles. The van der Waals surface area contributed by atoms with Crippen LogP contribution in [0.1, 0.15) is 0 Å². The highest BCUT2D eigenvalue weighted by atomic mass is 35.5. The second kappa shape index (κ2) is 9.48. The molecule has 34 heavy (non-hydrogen) atoms. The van der Waals surface area contributed by atoms with Gasteiger partial charge in [0, 0.05) is 41.8 Å². The van der Waals surface area contributed by atoms with E-state index in [1.807, 2.05) is 59.5 Å². The molecule has 0 spiro atoms. The van der Waals surface area contributed by atoms with Crippen molar-refractivity contribution in [2.75, 3.05) is 38.2 Å². The maximum absolute atomic E-state index is 13.1. The average Bonchev–Trinajstić information content (AvgIpc) is 3.31. The first kappa shape index (κ1) is 22.4. The highest BCUT2D eigenvalue weighted by molar-refractivity contribution is 7.22. The van der Waals surface area contributed by atoms with Crippen LogP contribution in [0.2, 0.25) is 5.02 Å². The van der Waals surface area contributed by atoms with E-state index in [0.717, 1.165) is 35.0 Å². The van der Waals surface area contributed by atoms with Crippen molar-refractivity contribution < 1.29 is 9.53 Å². The Balaban J connectivity index is 1.26. The zero-order valence-corrected chi connectivity index (χ0v) is 20.2. The summed E-state index contributed by atoms with van der Waals surface area (Å²) in [6.07, 6.45) is 1.47. The van der Waals surface area contributed by atoms with Crippen LogP contribution in [0.5, 0.6) is 5.75 Å². The summed E-state index contributed by atoms with van der Waals surface area (Å²) in [7, 11) is 1.65. The van der Waals surface area contributed by atoms with Gasteiger partial charge in [-0.15, -0.1) is 11.3 Å². The van der Waals surface area contributed by atoms with Crippen molar-refractivity contribution in [3.05, 3.63) is 76.3 Å². The van der Waals surface area contributed by atoms with Crippen LogP contribution in [0.3, 0.4) is 0 Å². The van der Waals surface area contributed by atoms with Gasteiger partial charge in [-0.05, 0) is 48.0 Å². The van der Waals surface area contributed by atoms with Crippen LogP contribution < -0.4 is 15.2 Å². The van der Waals surface area contributed by atoms with Crippen molar-refractivity contribution in [3.63, 3.8) is 0 Å². The summed E-state index contributed by atoms with van der Waals surface area (Å²) in [5, 5.41) is 0.661. The Morgan fingerprint density at radius 1 is 1.06 bits per heavy atom. The van der Waals surface area contributed by atoms with E-state index >= 15 is 0 Å². The first-order chi connectivity index (χ1) is 16.5. The molecule has 1 fully saturated rings. The third-order valence-electron chi connectivity index (χ3n) is 6.01. The van der Waals surface area contributed by atoms with E-state index in [4.69, 9.17) is 16.3 Å². The van der Waals surface area contributed by atoms with Gasteiger partial charge in [0.15, 0.2) is 0 Å². The van der Waals surface area contributed by atoms with Gasteiger partial charge >= 0.3 is 0 Å². The van der Waals surface area contributed by atoms with Gasteiger partial charge < -0.3 is 14.5 Å². The van der Waals surface area contributed by atoms with Crippen LogP contribution >= 0.6 is 22.9 Å². The lowest BCUT2D eigenvalue weighted by Crippen LogP contribution is -2.50. The van der Waals surface area contributed by atoms with E-state index in [0.29, 0.717) is 28.3 Å². The number of anilines is 1. The fraction of sp³-hybridized carbons (Fsp3) is 0.240. The Kier molecular flexibility index (Phi) is 6.26. The Hall–Kier alpha value is -3.36. The van der Waals surface area contributed by atoms with Crippen molar-refractivity contribution >= 4 is 44.7 Å². The fourth-order valence-corrected chi connectivity index (χ4v) is 5.26. The quantitative estimate of drug-likeness (QED) is 0.417. The number of halogens is 1. The molecule has 2 aromatic carbocycles. The highest BCUT2D eigenvalue weighted by Gasteiger charge is 2.22. The topological polar surface area (TPSA) is 67.7 Å². The number of hydrogen-bond donors (Lipinski definition) is 0. The molecular weight excluding hydrogens is 472 g/mol. The molecule has 1 amide bonds. The second-order valence-corrected chi connectivity index (χ2v) is 9.56. The number of rotatable bonds is 5. The molecule has 1 saturated heterocycles. The van der Waals surface area contributed by atoms with Gasteiger partial charge in [-0.2, -0.15) is 0 Å². The van der Waals surface area contributed by atoms with Crippen molar-refractivity contribution in [1.29, 1.82) is 0 Å². The third-order valence-corrected chi connectivity index (χ3v) is 7.42. The van der Waals surface area contributed by atoms with Crippen LogP contribution in [0.15, 0.2) is 65.7 Å². The number of piperazine rings is 1. The van der Waals surface area contributed by atoms with Crippen LogP contribution in [-0.2, 0) is 11.3 Å². The van der Waals surface area contributed by atoms with E-state index in [9.17, 15) is 9.59 Å². The molecule has 174 valence electrons. The van der Waals surface area contributed by atoms with Crippen LogP contribution in [0.4, 0.5) is 5.69 Å². The molecule has 0 unspecified atom stereocenters. The summed E-state index contributed by atoms with van der Waals surface area (Å²) in [4.78, 5) is 35.4. The number of carbonyl (C=O) groups excluding carboxylic acids is 1. The SMILES string of the molecule is COc1ccc(N2CCN(C(=O)Cn3cnc4cc(-c5ccc(Cl)cc5)sc4c3=O)CC2)cc1. The molecule has 0 bridgehead atoms. The molecule has 0 atom stereocenters. The molecule has 7 nitrogen and oxygen atoms in total. The molecule has 0 N–H and O–H groups in total. The number of thiophene rings is 1. The Labute approximate surface area is 205 Å². The standard InChI is InChI=1S/C25H23ClN4O3S/c1-33-20-8-6-19(7-9-20)28-10-12-29(13-11-28)23(31)15-30-16-27-21-14-22(34-24(21)25(30)32)17-2-4-18(26)5-3-17/h2-9,14,16H,10-13,15H2,1H3. The summed E-state index contributed by atoms with van der Waals surface area (Å²) < 4.78 is 7.17. The third kappa shape index (κ3) is 4.51. The smallest absolute Gasteiger partial charge is 0.271 e. The molecule has 5 rings (SSSR count). The van der Waals surface area contributed by atoms with E-state index in [2.05, 4.69) is 9.88 Å². The van der Waals surface area contributed by atoms with Gasteiger partial charge in [-0.3, -0.25) is 14.2 Å². The fourth-order valence-electron chi connectivity index (χ4n) is 4.07. The zero-order chi connectivity index (χ0) is 23.7. The predicted molar refractivity (Wildman–Crippen MR) is 136 cm³/mol. The molecule has 0 saturated carbocycles. The van der Waals surface area contributed by atoms with E-state index in [1.54, 1.807) is 7.11 Å². The average molecular weight is 495 g/mol. The summed E-state index contributed by atoms with van der Waals surface area (Å²) in [5.74, 6) is 0.742. The number of nitrogens with zero attached hydrogens (tertiary/aromatic N) is 4. The van der Waals surface area contributed by atoms with Crippen molar-refractivity contribution in [1.82, 2.24) is 14.5 Å². The lowest BCUT2D eigenvalue weighted by Gasteiger charge is -2.36. The van der Waals surface area contributed by atoms with Crippen LogP contribution in [0.25, 0.3) is 20.7 Å². The molecule has 0 radical (unpaired) electrons.